The van der Waals surface area contributed by atoms with Gasteiger partial charge in [-0.15, -0.1) is 0 Å². The van der Waals surface area contributed by atoms with Gasteiger partial charge in [0.2, 0.25) is 0 Å². The van der Waals surface area contributed by atoms with Gasteiger partial charge in [0.05, 0.1) is 25.8 Å². The molecule has 26 heavy (non-hydrogen) atoms. The summed E-state index contributed by atoms with van der Waals surface area (Å²) in [5.74, 6) is 0.898. The molecule has 1 heterocycles. The second-order valence-electron chi connectivity index (χ2n) is 5.42. The first-order valence-corrected chi connectivity index (χ1v) is 8.70. The van der Waals surface area contributed by atoms with E-state index in [2.05, 4.69) is 5.32 Å². The van der Waals surface area contributed by atoms with Crippen LogP contribution in [-0.4, -0.2) is 36.9 Å². The first kappa shape index (κ1) is 17.9. The van der Waals surface area contributed by atoms with Crippen molar-refractivity contribution in [1.82, 2.24) is 4.90 Å². The van der Waals surface area contributed by atoms with E-state index in [1.165, 1.54) is 4.90 Å². The van der Waals surface area contributed by atoms with Gasteiger partial charge in [-0.3, -0.25) is 14.5 Å². The molecule has 0 unspecified atom stereocenters. The third-order valence-electron chi connectivity index (χ3n) is 3.81. The highest BCUT2D eigenvalue weighted by atomic mass is 32.2. The number of rotatable bonds is 6. The maximum atomic E-state index is 12.6. The Hall–Kier alpha value is -2.93. The van der Waals surface area contributed by atoms with Crippen molar-refractivity contribution in [1.29, 1.82) is 0 Å². The molecular weight excluding hydrogens is 352 g/mol. The van der Waals surface area contributed by atoms with E-state index in [1.807, 2.05) is 30.3 Å². The summed E-state index contributed by atoms with van der Waals surface area (Å²) in [7, 11) is 3.11. The van der Waals surface area contributed by atoms with E-state index in [1.54, 1.807) is 38.5 Å². The number of anilines is 1. The van der Waals surface area contributed by atoms with Gasteiger partial charge < -0.3 is 14.8 Å². The van der Waals surface area contributed by atoms with E-state index in [4.69, 9.17) is 9.47 Å². The van der Waals surface area contributed by atoms with Crippen molar-refractivity contribution in [2.45, 2.75) is 0 Å². The monoisotopic (exact) mass is 370 g/mol. The number of carbonyl (C=O) groups is 2. The van der Waals surface area contributed by atoms with Crippen LogP contribution in [0.4, 0.5) is 10.5 Å². The molecule has 6 nitrogen and oxygen atoms in total. The number of hydrogen-bond donors (Lipinski definition) is 1. The molecule has 2 aromatic rings. The third kappa shape index (κ3) is 3.83. The highest BCUT2D eigenvalue weighted by molar-refractivity contribution is 8.18. The summed E-state index contributed by atoms with van der Waals surface area (Å²) in [6, 6.07) is 14.7. The van der Waals surface area contributed by atoms with Crippen molar-refractivity contribution < 1.29 is 19.1 Å². The predicted molar refractivity (Wildman–Crippen MR) is 102 cm³/mol. The van der Waals surface area contributed by atoms with Crippen LogP contribution in [0.3, 0.4) is 0 Å². The third-order valence-corrected chi connectivity index (χ3v) is 4.72. The van der Waals surface area contributed by atoms with Crippen LogP contribution in [-0.2, 0) is 4.79 Å². The zero-order valence-electron chi connectivity index (χ0n) is 14.4. The molecule has 1 aliphatic heterocycles. The Morgan fingerprint density at radius 1 is 1.08 bits per heavy atom. The normalized spacial score (nSPS) is 15.5. The van der Waals surface area contributed by atoms with Gasteiger partial charge in [0, 0.05) is 11.3 Å². The van der Waals surface area contributed by atoms with E-state index in [9.17, 15) is 9.59 Å². The molecule has 2 amide bonds. The molecule has 0 atom stereocenters. The largest absolute Gasteiger partial charge is 0.497 e. The number of benzene rings is 2. The Bertz CT molecular complexity index is 852. The predicted octanol–water partition coefficient (Wildman–Crippen LogP) is 3.81. The average Bonchev–Trinajstić information content (AvgIpc) is 2.93. The van der Waals surface area contributed by atoms with Crippen molar-refractivity contribution in [3.8, 4) is 11.5 Å². The fourth-order valence-corrected chi connectivity index (χ4v) is 3.29. The molecular formula is C19H18N2O4S. The number of thioether (sulfide) groups is 1. The molecule has 0 aliphatic carbocycles. The van der Waals surface area contributed by atoms with Crippen molar-refractivity contribution in [2.75, 3.05) is 26.2 Å². The highest BCUT2D eigenvalue weighted by Crippen LogP contribution is 2.35. The van der Waals surface area contributed by atoms with Gasteiger partial charge in [-0.25, -0.2) is 0 Å². The average molecular weight is 370 g/mol. The summed E-state index contributed by atoms with van der Waals surface area (Å²) in [4.78, 5) is 26.3. The van der Waals surface area contributed by atoms with E-state index in [-0.39, 0.29) is 17.8 Å². The first-order chi connectivity index (χ1) is 12.6. The topological polar surface area (TPSA) is 67.9 Å². The molecule has 1 saturated heterocycles. The van der Waals surface area contributed by atoms with Crippen LogP contribution >= 0.6 is 11.8 Å². The van der Waals surface area contributed by atoms with Crippen molar-refractivity contribution in [3.63, 3.8) is 0 Å². The number of ether oxygens (including phenoxy) is 2. The minimum absolute atomic E-state index is 0.112. The van der Waals surface area contributed by atoms with Crippen LogP contribution in [0.25, 0.3) is 6.08 Å². The van der Waals surface area contributed by atoms with Crippen LogP contribution in [0.2, 0.25) is 0 Å². The lowest BCUT2D eigenvalue weighted by molar-refractivity contribution is -0.122. The zero-order chi connectivity index (χ0) is 18.5. The SMILES string of the molecule is COc1ccc(OC)c(/C=C2/SC(=O)N(CNc3ccccc3)C2=O)c1. The zero-order valence-corrected chi connectivity index (χ0v) is 15.2. The van der Waals surface area contributed by atoms with E-state index < -0.39 is 0 Å². The number of hydrogen-bond acceptors (Lipinski definition) is 6. The van der Waals surface area contributed by atoms with Gasteiger partial charge in [-0.05, 0) is 48.2 Å². The van der Waals surface area contributed by atoms with Gasteiger partial charge in [0.15, 0.2) is 0 Å². The molecule has 0 spiro atoms. The van der Waals surface area contributed by atoms with E-state index in [0.29, 0.717) is 22.0 Å². The molecule has 1 N–H and O–H groups in total. The summed E-state index contributed by atoms with van der Waals surface area (Å²) in [5, 5.41) is 2.76. The fourth-order valence-electron chi connectivity index (χ4n) is 2.46. The lowest BCUT2D eigenvalue weighted by Crippen LogP contribution is -2.33. The highest BCUT2D eigenvalue weighted by Gasteiger charge is 2.35. The first-order valence-electron chi connectivity index (χ1n) is 7.88. The number of amides is 2. The molecule has 0 saturated carbocycles. The summed E-state index contributed by atoms with van der Waals surface area (Å²) in [6.07, 6.45) is 1.65. The van der Waals surface area contributed by atoms with Crippen LogP contribution in [0.5, 0.6) is 11.5 Å². The van der Waals surface area contributed by atoms with Crippen molar-refractivity contribution in [2.24, 2.45) is 0 Å². The fraction of sp³-hybridized carbons (Fsp3) is 0.158. The number of methoxy groups -OCH3 is 2. The second-order valence-corrected chi connectivity index (χ2v) is 6.41. The number of carbonyl (C=O) groups excluding carboxylic acids is 2. The minimum Gasteiger partial charge on any atom is -0.497 e. The Labute approximate surface area is 155 Å². The summed E-state index contributed by atoms with van der Waals surface area (Å²) in [6.45, 7) is 0.112. The maximum absolute atomic E-state index is 12.6. The Kier molecular flexibility index (Phi) is 5.48. The number of nitrogens with one attached hydrogen (secondary N) is 1. The molecule has 0 aromatic heterocycles. The molecule has 134 valence electrons. The molecule has 1 aliphatic rings. The quantitative estimate of drug-likeness (QED) is 0.780. The molecule has 2 aromatic carbocycles. The molecule has 7 heteroatoms. The standard InChI is InChI=1S/C19H18N2O4S/c1-24-15-8-9-16(25-2)13(10-15)11-17-18(22)21(19(23)26-17)12-20-14-6-4-3-5-7-14/h3-11,20H,12H2,1-2H3/b17-11+. The van der Waals surface area contributed by atoms with Gasteiger partial charge in [-0.2, -0.15) is 0 Å². The van der Waals surface area contributed by atoms with Crippen LogP contribution in [0.15, 0.2) is 53.4 Å². The molecule has 1 fully saturated rings. The minimum atomic E-state index is -0.340. The lowest BCUT2D eigenvalue weighted by atomic mass is 10.1. The van der Waals surface area contributed by atoms with E-state index in [0.717, 1.165) is 17.4 Å². The number of nitrogens with zero attached hydrogens (tertiary/aromatic N) is 1. The van der Waals surface area contributed by atoms with Crippen molar-refractivity contribution >= 4 is 34.7 Å². The Morgan fingerprint density at radius 2 is 1.85 bits per heavy atom. The van der Waals surface area contributed by atoms with Crippen LogP contribution in [0, 0.1) is 0 Å². The summed E-state index contributed by atoms with van der Waals surface area (Å²) < 4.78 is 10.5. The van der Waals surface area contributed by atoms with Gasteiger partial charge in [-0.1, -0.05) is 18.2 Å². The second kappa shape index (κ2) is 7.97. The molecule has 3 rings (SSSR count). The van der Waals surface area contributed by atoms with Crippen LogP contribution < -0.4 is 14.8 Å². The summed E-state index contributed by atoms with van der Waals surface area (Å²) >= 11 is 0.907. The number of para-hydroxylation sites is 1. The van der Waals surface area contributed by atoms with E-state index >= 15 is 0 Å². The van der Waals surface area contributed by atoms with Crippen LogP contribution in [0.1, 0.15) is 5.56 Å². The van der Waals surface area contributed by atoms with Gasteiger partial charge in [0.1, 0.15) is 11.5 Å². The molecule has 0 radical (unpaired) electrons. The maximum Gasteiger partial charge on any atom is 0.295 e. The lowest BCUT2D eigenvalue weighted by Gasteiger charge is -2.14. The number of imide groups is 1. The molecule has 0 bridgehead atoms. The smallest absolute Gasteiger partial charge is 0.295 e. The Balaban J connectivity index is 1.79. The Morgan fingerprint density at radius 3 is 2.54 bits per heavy atom. The van der Waals surface area contributed by atoms with Crippen molar-refractivity contribution in [3.05, 3.63) is 59.0 Å². The van der Waals surface area contributed by atoms with Gasteiger partial charge in [0.25, 0.3) is 11.1 Å². The summed E-state index contributed by atoms with van der Waals surface area (Å²) in [5.41, 5.74) is 1.51. The van der Waals surface area contributed by atoms with Gasteiger partial charge >= 0.3 is 0 Å².